The van der Waals surface area contributed by atoms with Crippen molar-refractivity contribution >= 4 is 27.2 Å². The Bertz CT molecular complexity index is 723. The maximum atomic E-state index is 12.2. The molecule has 0 atom stereocenters. The molecule has 0 saturated carbocycles. The van der Waals surface area contributed by atoms with Gasteiger partial charge in [0.05, 0.1) is 10.6 Å². The summed E-state index contributed by atoms with van der Waals surface area (Å²) in [6, 6.07) is 9.31. The second-order valence-corrected chi connectivity index (χ2v) is 5.99. The molecular formula is C13H17N4NaO2S. The van der Waals surface area contributed by atoms with E-state index in [2.05, 4.69) is 15.0 Å². The Morgan fingerprint density at radius 2 is 1.81 bits per heavy atom. The molecule has 1 heterocycles. The SMILES string of the molecule is CNc1cc(NS(=O)(=O)c2ccc(N)cc2)cc(C)n1.[H-].[Na+]. The zero-order valence-electron chi connectivity index (χ0n) is 13.2. The van der Waals surface area contributed by atoms with E-state index in [4.69, 9.17) is 5.73 Å². The van der Waals surface area contributed by atoms with Crippen LogP contribution in [-0.2, 0) is 10.0 Å². The van der Waals surface area contributed by atoms with Crippen LogP contribution in [0.5, 0.6) is 0 Å². The third-order valence-electron chi connectivity index (χ3n) is 2.65. The van der Waals surface area contributed by atoms with E-state index >= 15 is 0 Å². The topological polar surface area (TPSA) is 97.1 Å². The van der Waals surface area contributed by atoms with Crippen molar-refractivity contribution in [2.75, 3.05) is 22.8 Å². The predicted molar refractivity (Wildman–Crippen MR) is 81.3 cm³/mol. The van der Waals surface area contributed by atoms with Crippen LogP contribution >= 0.6 is 0 Å². The molecule has 2 rings (SSSR count). The van der Waals surface area contributed by atoms with Crippen LogP contribution in [0, 0.1) is 6.92 Å². The van der Waals surface area contributed by atoms with Gasteiger partial charge in [-0.2, -0.15) is 0 Å². The summed E-state index contributed by atoms with van der Waals surface area (Å²) in [5, 5.41) is 2.88. The van der Waals surface area contributed by atoms with Crippen LogP contribution in [0.25, 0.3) is 0 Å². The smallest absolute Gasteiger partial charge is 1.00 e. The number of aromatic nitrogens is 1. The van der Waals surface area contributed by atoms with E-state index < -0.39 is 10.0 Å². The van der Waals surface area contributed by atoms with Gasteiger partial charge >= 0.3 is 29.6 Å². The predicted octanol–water partition coefficient (Wildman–Crippen LogP) is -1.07. The van der Waals surface area contributed by atoms with Gasteiger partial charge in [0.25, 0.3) is 10.0 Å². The Balaban J connectivity index is 0.00000220. The molecule has 0 bridgehead atoms. The molecule has 0 aliphatic carbocycles. The normalized spacial score (nSPS) is 10.6. The molecule has 8 heteroatoms. The molecule has 0 fully saturated rings. The van der Waals surface area contributed by atoms with Gasteiger partial charge in [0.1, 0.15) is 5.82 Å². The van der Waals surface area contributed by atoms with Crippen LogP contribution in [0.1, 0.15) is 7.12 Å². The first-order chi connectivity index (χ1) is 9.40. The van der Waals surface area contributed by atoms with E-state index in [1.54, 1.807) is 38.2 Å². The largest absolute Gasteiger partial charge is 1.00 e. The first-order valence-corrected chi connectivity index (χ1v) is 7.44. The molecule has 4 N–H and O–H groups in total. The average Bonchev–Trinajstić information content (AvgIpc) is 2.37. The molecule has 6 nitrogen and oxygen atoms in total. The van der Waals surface area contributed by atoms with E-state index in [9.17, 15) is 8.42 Å². The van der Waals surface area contributed by atoms with Gasteiger partial charge in [0.15, 0.2) is 0 Å². The second-order valence-electron chi connectivity index (χ2n) is 4.31. The minimum Gasteiger partial charge on any atom is -1.00 e. The Kier molecular flexibility index (Phi) is 6.03. The van der Waals surface area contributed by atoms with Crippen molar-refractivity contribution in [3.05, 3.63) is 42.1 Å². The quantitative estimate of drug-likeness (QED) is 0.493. The summed E-state index contributed by atoms with van der Waals surface area (Å²) >= 11 is 0. The van der Waals surface area contributed by atoms with E-state index in [0.717, 1.165) is 0 Å². The minimum atomic E-state index is -3.63. The van der Waals surface area contributed by atoms with Crippen LogP contribution in [0.4, 0.5) is 17.2 Å². The minimum absolute atomic E-state index is 0. The number of nitrogen functional groups attached to an aromatic ring is 1. The third-order valence-corrected chi connectivity index (χ3v) is 4.05. The number of nitrogens with one attached hydrogen (secondary N) is 2. The van der Waals surface area contributed by atoms with Gasteiger partial charge in [-0.15, -0.1) is 0 Å². The number of nitrogens with zero attached hydrogens (tertiary/aromatic N) is 1. The first-order valence-electron chi connectivity index (χ1n) is 5.95. The Hall–Kier alpha value is -1.28. The van der Waals surface area contributed by atoms with Crippen LogP contribution in [0.15, 0.2) is 41.3 Å². The molecule has 0 aliphatic rings. The molecule has 21 heavy (non-hydrogen) atoms. The molecule has 1 aromatic heterocycles. The zero-order valence-corrected chi connectivity index (χ0v) is 15.0. The van der Waals surface area contributed by atoms with Gasteiger partial charge in [0, 0.05) is 24.5 Å². The van der Waals surface area contributed by atoms with Crippen molar-refractivity contribution in [1.29, 1.82) is 0 Å². The molecular weight excluding hydrogens is 299 g/mol. The third kappa shape index (κ3) is 4.60. The molecule has 0 radical (unpaired) electrons. The summed E-state index contributed by atoms with van der Waals surface area (Å²) in [6.45, 7) is 1.79. The number of benzene rings is 1. The number of aryl methyl sites for hydroxylation is 1. The van der Waals surface area contributed by atoms with Crippen molar-refractivity contribution in [3.8, 4) is 0 Å². The number of anilines is 3. The van der Waals surface area contributed by atoms with Crippen molar-refractivity contribution in [1.82, 2.24) is 4.98 Å². The van der Waals surface area contributed by atoms with Gasteiger partial charge in [-0.1, -0.05) is 0 Å². The summed E-state index contributed by atoms with van der Waals surface area (Å²) in [6.07, 6.45) is 0. The van der Waals surface area contributed by atoms with Crippen molar-refractivity contribution in [2.45, 2.75) is 11.8 Å². The van der Waals surface area contributed by atoms with E-state index in [1.807, 2.05) is 0 Å². The summed E-state index contributed by atoms with van der Waals surface area (Å²) in [7, 11) is -1.91. The number of hydrogen-bond acceptors (Lipinski definition) is 5. The molecule has 0 spiro atoms. The number of rotatable bonds is 4. The van der Waals surface area contributed by atoms with Crippen molar-refractivity contribution in [2.24, 2.45) is 0 Å². The van der Waals surface area contributed by atoms with Gasteiger partial charge in [-0.25, -0.2) is 13.4 Å². The summed E-state index contributed by atoms with van der Waals surface area (Å²) < 4.78 is 27.0. The first kappa shape index (κ1) is 17.8. The maximum Gasteiger partial charge on any atom is 1.00 e. The van der Waals surface area contributed by atoms with Crippen LogP contribution in [0.2, 0.25) is 0 Å². The van der Waals surface area contributed by atoms with Gasteiger partial charge in [-0.05, 0) is 37.3 Å². The van der Waals surface area contributed by atoms with E-state index in [-0.39, 0.29) is 35.9 Å². The Labute approximate surface area is 148 Å². The Morgan fingerprint density at radius 3 is 2.38 bits per heavy atom. The van der Waals surface area contributed by atoms with Gasteiger partial charge in [0.2, 0.25) is 0 Å². The number of sulfonamides is 1. The van der Waals surface area contributed by atoms with Crippen molar-refractivity contribution < 1.29 is 39.4 Å². The summed E-state index contributed by atoms with van der Waals surface area (Å²) in [5.41, 5.74) is 7.24. The monoisotopic (exact) mass is 316 g/mol. The second kappa shape index (κ2) is 7.13. The fraction of sp³-hybridized carbons (Fsp3) is 0.154. The fourth-order valence-electron chi connectivity index (χ4n) is 1.72. The Morgan fingerprint density at radius 1 is 1.19 bits per heavy atom. The summed E-state index contributed by atoms with van der Waals surface area (Å²) in [4.78, 5) is 4.36. The molecule has 0 unspecified atom stereocenters. The van der Waals surface area contributed by atoms with Gasteiger partial charge in [-0.3, -0.25) is 4.72 Å². The molecule has 108 valence electrons. The van der Waals surface area contributed by atoms with Crippen molar-refractivity contribution in [3.63, 3.8) is 0 Å². The van der Waals surface area contributed by atoms with Crippen LogP contribution in [0.3, 0.4) is 0 Å². The average molecular weight is 316 g/mol. The van der Waals surface area contributed by atoms with Crippen LogP contribution in [-0.4, -0.2) is 20.4 Å². The number of nitrogens with two attached hydrogens (primary N) is 1. The molecule has 0 saturated heterocycles. The van der Waals surface area contributed by atoms with E-state index in [1.165, 1.54) is 12.1 Å². The van der Waals surface area contributed by atoms with Gasteiger partial charge < -0.3 is 12.5 Å². The standard InChI is InChI=1S/C13H16N4O2S.Na.H/c1-9-7-11(8-13(15-2)16-9)17-20(18,19)12-5-3-10(14)4-6-12;;/h3-8H,14H2,1-2H3,(H2,15,16,17);;/q;+1;-1. The zero-order chi connectivity index (χ0) is 14.8. The van der Waals surface area contributed by atoms with E-state index in [0.29, 0.717) is 22.9 Å². The maximum absolute atomic E-state index is 12.2. The number of hydrogen-bond donors (Lipinski definition) is 3. The molecule has 2 aromatic rings. The fourth-order valence-corrected chi connectivity index (χ4v) is 2.76. The molecule has 0 amide bonds. The molecule has 0 aliphatic heterocycles. The summed E-state index contributed by atoms with van der Waals surface area (Å²) in [5.74, 6) is 0.597. The molecule has 1 aromatic carbocycles. The van der Waals surface area contributed by atoms with Crippen LogP contribution < -0.4 is 45.3 Å². The number of pyridine rings is 1.